The van der Waals surface area contributed by atoms with Gasteiger partial charge in [0.15, 0.2) is 0 Å². The SMILES string of the molecule is Cc1nn(C)c(C)c1CNS(=O)(=O)CCN. The Balaban J connectivity index is 2.75. The third-order valence-electron chi connectivity index (χ3n) is 2.51. The van der Waals surface area contributed by atoms with Crippen molar-refractivity contribution in [2.75, 3.05) is 12.3 Å². The number of aromatic nitrogens is 2. The maximum absolute atomic E-state index is 11.4. The number of hydrogen-bond donors (Lipinski definition) is 2. The van der Waals surface area contributed by atoms with Gasteiger partial charge < -0.3 is 5.73 Å². The Morgan fingerprint density at radius 1 is 1.44 bits per heavy atom. The molecule has 0 bridgehead atoms. The minimum Gasteiger partial charge on any atom is -0.329 e. The topological polar surface area (TPSA) is 90.0 Å². The van der Waals surface area contributed by atoms with Crippen molar-refractivity contribution in [3.8, 4) is 0 Å². The number of nitrogens with one attached hydrogen (secondary N) is 1. The predicted octanol–water partition coefficient (Wildman–Crippen LogP) is -0.585. The van der Waals surface area contributed by atoms with E-state index >= 15 is 0 Å². The molecule has 1 aromatic heterocycles. The van der Waals surface area contributed by atoms with Gasteiger partial charge in [0.1, 0.15) is 0 Å². The Bertz CT molecular complexity index is 464. The van der Waals surface area contributed by atoms with E-state index in [1.807, 2.05) is 20.9 Å². The highest BCUT2D eigenvalue weighted by molar-refractivity contribution is 7.89. The second-order valence-electron chi connectivity index (χ2n) is 3.70. The maximum Gasteiger partial charge on any atom is 0.213 e. The summed E-state index contributed by atoms with van der Waals surface area (Å²) in [4.78, 5) is 0. The third-order valence-corrected chi connectivity index (χ3v) is 3.87. The van der Waals surface area contributed by atoms with E-state index in [-0.39, 0.29) is 18.8 Å². The molecule has 0 radical (unpaired) electrons. The van der Waals surface area contributed by atoms with E-state index in [4.69, 9.17) is 5.73 Å². The average molecular weight is 246 g/mol. The molecule has 1 heterocycles. The van der Waals surface area contributed by atoms with Crippen molar-refractivity contribution < 1.29 is 8.42 Å². The van der Waals surface area contributed by atoms with Crippen molar-refractivity contribution in [3.05, 3.63) is 17.0 Å². The van der Waals surface area contributed by atoms with Gasteiger partial charge in [-0.05, 0) is 13.8 Å². The number of rotatable bonds is 5. The first-order chi connectivity index (χ1) is 7.37. The van der Waals surface area contributed by atoms with E-state index in [9.17, 15) is 8.42 Å². The van der Waals surface area contributed by atoms with E-state index in [0.717, 1.165) is 17.0 Å². The summed E-state index contributed by atoms with van der Waals surface area (Å²) >= 11 is 0. The highest BCUT2D eigenvalue weighted by Gasteiger charge is 2.13. The Morgan fingerprint density at radius 3 is 2.50 bits per heavy atom. The van der Waals surface area contributed by atoms with Gasteiger partial charge in [0.05, 0.1) is 11.4 Å². The van der Waals surface area contributed by atoms with Crippen LogP contribution in [0.1, 0.15) is 17.0 Å². The molecular weight excluding hydrogens is 228 g/mol. The van der Waals surface area contributed by atoms with Gasteiger partial charge in [-0.2, -0.15) is 5.10 Å². The molecule has 92 valence electrons. The summed E-state index contributed by atoms with van der Waals surface area (Å²) in [6.45, 7) is 4.17. The normalized spacial score (nSPS) is 12.0. The van der Waals surface area contributed by atoms with Crippen LogP contribution in [0.25, 0.3) is 0 Å². The quantitative estimate of drug-likeness (QED) is 0.727. The number of sulfonamides is 1. The van der Waals surface area contributed by atoms with Gasteiger partial charge in [-0.15, -0.1) is 0 Å². The first-order valence-corrected chi connectivity index (χ1v) is 6.69. The summed E-state index contributed by atoms with van der Waals surface area (Å²) in [5.74, 6) is -0.0502. The van der Waals surface area contributed by atoms with Gasteiger partial charge in [0.25, 0.3) is 0 Å². The van der Waals surface area contributed by atoms with Crippen molar-refractivity contribution in [3.63, 3.8) is 0 Å². The molecular formula is C9H18N4O2S. The second kappa shape index (κ2) is 4.94. The molecule has 1 aromatic rings. The lowest BCUT2D eigenvalue weighted by Gasteiger charge is -2.05. The maximum atomic E-state index is 11.4. The fourth-order valence-corrected chi connectivity index (χ4v) is 2.30. The number of nitrogens with two attached hydrogens (primary N) is 1. The molecule has 0 saturated heterocycles. The molecule has 1 rings (SSSR count). The Kier molecular flexibility index (Phi) is 4.06. The molecule has 7 heteroatoms. The molecule has 6 nitrogen and oxygen atoms in total. The Hall–Kier alpha value is -0.920. The summed E-state index contributed by atoms with van der Waals surface area (Å²) in [6.07, 6.45) is 0. The lowest BCUT2D eigenvalue weighted by molar-refractivity contribution is 0.581. The highest BCUT2D eigenvalue weighted by Crippen LogP contribution is 2.11. The van der Waals surface area contributed by atoms with Crippen LogP contribution < -0.4 is 10.5 Å². The van der Waals surface area contributed by atoms with Crippen LogP contribution >= 0.6 is 0 Å². The number of hydrogen-bond acceptors (Lipinski definition) is 4. The molecule has 0 saturated carbocycles. The van der Waals surface area contributed by atoms with Crippen molar-refractivity contribution in [2.24, 2.45) is 12.8 Å². The zero-order valence-corrected chi connectivity index (χ0v) is 10.6. The van der Waals surface area contributed by atoms with Crippen LogP contribution in [0.3, 0.4) is 0 Å². The molecule has 0 aromatic carbocycles. The lowest BCUT2D eigenvalue weighted by Crippen LogP contribution is -2.29. The largest absolute Gasteiger partial charge is 0.329 e. The summed E-state index contributed by atoms with van der Waals surface area (Å²) in [5, 5.41) is 4.21. The number of aryl methyl sites for hydroxylation is 2. The summed E-state index contributed by atoms with van der Waals surface area (Å²) in [6, 6.07) is 0. The molecule has 0 spiro atoms. The van der Waals surface area contributed by atoms with Gasteiger partial charge >= 0.3 is 0 Å². The van der Waals surface area contributed by atoms with Gasteiger partial charge in [-0.3, -0.25) is 4.68 Å². The summed E-state index contributed by atoms with van der Waals surface area (Å²) in [5.41, 5.74) is 7.94. The first kappa shape index (κ1) is 13.1. The van der Waals surface area contributed by atoms with E-state index < -0.39 is 10.0 Å². The predicted molar refractivity (Wildman–Crippen MR) is 62.4 cm³/mol. The van der Waals surface area contributed by atoms with Crippen LogP contribution in [-0.2, 0) is 23.6 Å². The van der Waals surface area contributed by atoms with Gasteiger partial charge in [0, 0.05) is 31.4 Å². The van der Waals surface area contributed by atoms with E-state index in [1.165, 1.54) is 0 Å². The van der Waals surface area contributed by atoms with Crippen LogP contribution in [0.5, 0.6) is 0 Å². The van der Waals surface area contributed by atoms with Gasteiger partial charge in [0.2, 0.25) is 10.0 Å². The molecule has 0 aliphatic carbocycles. The Labute approximate surface area is 95.9 Å². The van der Waals surface area contributed by atoms with Crippen molar-refractivity contribution >= 4 is 10.0 Å². The fourth-order valence-electron chi connectivity index (χ4n) is 1.48. The van der Waals surface area contributed by atoms with E-state index in [1.54, 1.807) is 4.68 Å². The number of nitrogens with zero attached hydrogens (tertiary/aromatic N) is 2. The molecule has 0 aliphatic rings. The van der Waals surface area contributed by atoms with Crippen LogP contribution in [0.2, 0.25) is 0 Å². The molecule has 0 amide bonds. The minimum absolute atomic E-state index is 0.0502. The second-order valence-corrected chi connectivity index (χ2v) is 5.63. The summed E-state index contributed by atoms with van der Waals surface area (Å²) in [7, 11) is -1.43. The average Bonchev–Trinajstić information content (AvgIpc) is 2.39. The van der Waals surface area contributed by atoms with E-state index in [2.05, 4.69) is 9.82 Å². The van der Waals surface area contributed by atoms with E-state index in [0.29, 0.717) is 0 Å². The summed E-state index contributed by atoms with van der Waals surface area (Å²) < 4.78 is 27.1. The lowest BCUT2D eigenvalue weighted by atomic mass is 10.2. The van der Waals surface area contributed by atoms with Crippen molar-refractivity contribution in [1.82, 2.24) is 14.5 Å². The van der Waals surface area contributed by atoms with Crippen LogP contribution in [0.4, 0.5) is 0 Å². The molecule has 0 unspecified atom stereocenters. The Morgan fingerprint density at radius 2 is 2.06 bits per heavy atom. The van der Waals surface area contributed by atoms with Crippen LogP contribution in [0.15, 0.2) is 0 Å². The van der Waals surface area contributed by atoms with Crippen molar-refractivity contribution in [1.29, 1.82) is 0 Å². The first-order valence-electron chi connectivity index (χ1n) is 5.04. The van der Waals surface area contributed by atoms with Crippen LogP contribution in [0, 0.1) is 13.8 Å². The molecule has 0 aliphatic heterocycles. The molecule has 3 N–H and O–H groups in total. The highest BCUT2D eigenvalue weighted by atomic mass is 32.2. The smallest absolute Gasteiger partial charge is 0.213 e. The van der Waals surface area contributed by atoms with Crippen LogP contribution in [-0.4, -0.2) is 30.5 Å². The molecule has 16 heavy (non-hydrogen) atoms. The zero-order valence-electron chi connectivity index (χ0n) is 9.82. The van der Waals surface area contributed by atoms with Gasteiger partial charge in [-0.25, -0.2) is 13.1 Å². The van der Waals surface area contributed by atoms with Gasteiger partial charge in [-0.1, -0.05) is 0 Å². The molecule has 0 fully saturated rings. The minimum atomic E-state index is -3.27. The standard InChI is InChI=1S/C9H18N4O2S/c1-7-9(8(2)13(3)12-7)6-11-16(14,15)5-4-10/h11H,4-6,10H2,1-3H3. The monoisotopic (exact) mass is 246 g/mol. The zero-order chi connectivity index (χ0) is 12.3. The van der Waals surface area contributed by atoms with Crippen molar-refractivity contribution in [2.45, 2.75) is 20.4 Å². The third kappa shape index (κ3) is 3.03. The molecule has 0 atom stereocenters. The fraction of sp³-hybridized carbons (Fsp3) is 0.667.